The molecule has 1 aromatic carbocycles. The number of fused-ring (bicyclic) bond motifs is 1. The number of hydrogen-bond donors (Lipinski definition) is 3. The number of aromatic nitrogens is 4. The fourth-order valence-electron chi connectivity index (χ4n) is 3.62. The van der Waals surface area contributed by atoms with E-state index in [0.717, 1.165) is 6.07 Å². The Morgan fingerprint density at radius 2 is 2.19 bits per heavy atom. The van der Waals surface area contributed by atoms with Crippen LogP contribution in [-0.4, -0.2) is 50.4 Å². The number of nitrogens with two attached hydrogens (primary N) is 1. The van der Waals surface area contributed by atoms with Crippen molar-refractivity contribution in [3.63, 3.8) is 0 Å². The molecule has 0 radical (unpaired) electrons. The minimum atomic E-state index is -4.22. The third-order valence-corrected chi connectivity index (χ3v) is 7.35. The van der Waals surface area contributed by atoms with Gasteiger partial charge in [-0.15, -0.1) is 0 Å². The lowest BCUT2D eigenvalue weighted by Gasteiger charge is -2.23. The van der Waals surface area contributed by atoms with Crippen molar-refractivity contribution in [3.05, 3.63) is 47.5 Å². The summed E-state index contributed by atoms with van der Waals surface area (Å²) < 4.78 is 45.2. The number of nitrogens with zero attached hydrogens (tertiary/aromatic N) is 4. The molecule has 15 heteroatoms. The van der Waals surface area contributed by atoms with Gasteiger partial charge in [-0.1, -0.05) is 23.8 Å². The van der Waals surface area contributed by atoms with Gasteiger partial charge >= 0.3 is 13.7 Å². The molecule has 0 spiro atoms. The molecule has 0 saturated heterocycles. The first kappa shape index (κ1) is 25.8. The van der Waals surface area contributed by atoms with Gasteiger partial charge in [0.25, 0.3) is 0 Å². The van der Waals surface area contributed by atoms with E-state index in [0.29, 0.717) is 17.6 Å². The van der Waals surface area contributed by atoms with Gasteiger partial charge in [0.2, 0.25) is 11.8 Å². The maximum absolute atomic E-state index is 13.8. The van der Waals surface area contributed by atoms with Crippen LogP contribution in [0.2, 0.25) is 5.02 Å². The minimum absolute atomic E-state index is 0.0401. The second-order valence-electron chi connectivity index (χ2n) is 8.01. The van der Waals surface area contributed by atoms with Crippen LogP contribution in [0.25, 0.3) is 11.2 Å². The summed E-state index contributed by atoms with van der Waals surface area (Å²) in [7, 11) is -2.76. The van der Waals surface area contributed by atoms with E-state index in [9.17, 15) is 18.9 Å². The fourth-order valence-corrected chi connectivity index (χ4v) is 5.28. The lowest BCUT2D eigenvalue weighted by Crippen LogP contribution is -2.33. The topological polar surface area (TPSA) is 164 Å². The van der Waals surface area contributed by atoms with Gasteiger partial charge in [-0.25, -0.2) is 13.9 Å². The number of carboxylic acids is 1. The van der Waals surface area contributed by atoms with Crippen molar-refractivity contribution in [2.24, 2.45) is 5.92 Å². The van der Waals surface area contributed by atoms with Crippen LogP contribution in [0.1, 0.15) is 19.4 Å². The summed E-state index contributed by atoms with van der Waals surface area (Å²) in [5.74, 6) is -2.11. The molecule has 192 valence electrons. The second-order valence-corrected chi connectivity index (χ2v) is 10.1. The number of aliphatic carboxylic acids is 1. The average Bonchev–Trinajstić information content (AvgIpc) is 3.46. The number of allylic oxidation sites excluding steroid dienone is 1. The smallest absolute Gasteiger partial charge is 0.459 e. The van der Waals surface area contributed by atoms with E-state index in [4.69, 9.17) is 31.1 Å². The Morgan fingerprint density at radius 1 is 1.42 bits per heavy atom. The summed E-state index contributed by atoms with van der Waals surface area (Å²) in [4.78, 5) is 23.9. The predicted octanol–water partition coefficient (Wildman–Crippen LogP) is 3.59. The van der Waals surface area contributed by atoms with Crippen molar-refractivity contribution in [1.82, 2.24) is 24.6 Å². The lowest BCUT2D eigenvalue weighted by molar-refractivity contribution is -0.138. The van der Waals surface area contributed by atoms with E-state index in [1.165, 1.54) is 26.2 Å². The number of ether oxygens (including phenoxy) is 1. The van der Waals surface area contributed by atoms with Crippen molar-refractivity contribution in [3.8, 4) is 11.6 Å². The SMILES string of the molecule is COc1nc(N)nc2c1ncn2[C@H]1C=C[C@@H](COP(=O)(N[C@@H](C)C(=O)O)Oc2ccc(Cl)c(F)c2)C1. The molecule has 2 heterocycles. The first-order valence-electron chi connectivity index (χ1n) is 10.7. The second kappa shape index (κ2) is 10.4. The molecule has 36 heavy (non-hydrogen) atoms. The Morgan fingerprint density at radius 3 is 2.89 bits per heavy atom. The van der Waals surface area contributed by atoms with Crippen LogP contribution < -0.4 is 20.1 Å². The monoisotopic (exact) mass is 540 g/mol. The fraction of sp³-hybridized carbons (Fsp3) is 0.333. The molecular weight excluding hydrogens is 518 g/mol. The van der Waals surface area contributed by atoms with Crippen LogP contribution >= 0.6 is 19.3 Å². The number of carboxylic acid groups (broad SMARTS) is 1. The molecule has 1 aliphatic rings. The number of methoxy groups -OCH3 is 1. The minimum Gasteiger partial charge on any atom is -0.480 e. The molecule has 3 aromatic rings. The van der Waals surface area contributed by atoms with Crippen LogP contribution in [0, 0.1) is 11.7 Å². The summed E-state index contributed by atoms with van der Waals surface area (Å²) in [6.07, 6.45) is 5.90. The molecule has 1 aliphatic carbocycles. The number of anilines is 1. The molecule has 4 N–H and O–H groups in total. The molecule has 2 aromatic heterocycles. The highest BCUT2D eigenvalue weighted by atomic mass is 35.5. The predicted molar refractivity (Wildman–Crippen MR) is 128 cm³/mol. The van der Waals surface area contributed by atoms with Crippen LogP contribution in [0.5, 0.6) is 11.6 Å². The number of rotatable bonds is 10. The summed E-state index contributed by atoms with van der Waals surface area (Å²) in [5, 5.41) is 11.4. The normalized spacial score (nSPS) is 19.8. The first-order valence-corrected chi connectivity index (χ1v) is 12.6. The van der Waals surface area contributed by atoms with E-state index >= 15 is 0 Å². The van der Waals surface area contributed by atoms with E-state index < -0.39 is 25.6 Å². The number of hydrogen-bond acceptors (Lipinski definition) is 9. The first-order chi connectivity index (χ1) is 17.1. The maximum atomic E-state index is 13.8. The molecule has 0 aliphatic heterocycles. The number of carbonyl (C=O) groups is 1. The summed E-state index contributed by atoms with van der Waals surface area (Å²) in [5.41, 5.74) is 6.74. The Hall–Kier alpha value is -3.25. The highest BCUT2D eigenvalue weighted by molar-refractivity contribution is 7.52. The Labute approximate surface area is 209 Å². The highest BCUT2D eigenvalue weighted by Crippen LogP contribution is 2.46. The standard InChI is InChI=1S/C21H23ClFN6O6P/c1-11(20(30)31)28-36(32,35-14-5-6-15(22)16(23)8-14)34-9-12-3-4-13(7-12)29-10-25-17-18(29)26-21(24)27-19(17)33-2/h3-6,8,10-13H,7,9H2,1-2H3,(H,28,32)(H,30,31)(H2,24,26,27)/t11-,12+,13-,36?/m0/s1. The van der Waals surface area contributed by atoms with E-state index in [1.54, 1.807) is 6.33 Å². The molecule has 0 fully saturated rings. The zero-order valence-electron chi connectivity index (χ0n) is 19.2. The average molecular weight is 541 g/mol. The van der Waals surface area contributed by atoms with Crippen LogP contribution in [-0.2, 0) is 13.9 Å². The van der Waals surface area contributed by atoms with E-state index in [2.05, 4.69) is 20.0 Å². The molecular formula is C21H23ClFN6O6P. The third kappa shape index (κ3) is 5.59. The largest absolute Gasteiger partial charge is 0.480 e. The van der Waals surface area contributed by atoms with Crippen molar-refractivity contribution < 1.29 is 32.6 Å². The van der Waals surface area contributed by atoms with Crippen LogP contribution in [0.15, 0.2) is 36.7 Å². The van der Waals surface area contributed by atoms with Crippen LogP contribution in [0.4, 0.5) is 10.3 Å². The number of imidazole rings is 1. The maximum Gasteiger partial charge on any atom is 0.459 e. The highest BCUT2D eigenvalue weighted by Gasteiger charge is 2.34. The molecule has 1 unspecified atom stereocenters. The molecule has 0 amide bonds. The summed E-state index contributed by atoms with van der Waals surface area (Å²) in [6.45, 7) is 1.20. The van der Waals surface area contributed by atoms with Crippen molar-refractivity contribution in [1.29, 1.82) is 0 Å². The lowest BCUT2D eigenvalue weighted by atomic mass is 10.1. The Kier molecular flexibility index (Phi) is 7.46. The molecule has 0 bridgehead atoms. The van der Waals surface area contributed by atoms with Gasteiger partial charge in [-0.3, -0.25) is 9.32 Å². The number of nitrogens with one attached hydrogen (secondary N) is 1. The Bertz CT molecular complexity index is 1370. The molecule has 12 nitrogen and oxygen atoms in total. The number of halogens is 2. The van der Waals surface area contributed by atoms with Gasteiger partial charge < -0.3 is 24.7 Å². The van der Waals surface area contributed by atoms with Crippen molar-refractivity contribution in [2.75, 3.05) is 19.5 Å². The van der Waals surface area contributed by atoms with Crippen LogP contribution in [0.3, 0.4) is 0 Å². The number of benzene rings is 1. The summed E-state index contributed by atoms with van der Waals surface area (Å²) >= 11 is 5.68. The molecule has 4 atom stereocenters. The van der Waals surface area contributed by atoms with Crippen molar-refractivity contribution >= 4 is 42.4 Å². The zero-order chi connectivity index (χ0) is 26.0. The number of nitrogen functional groups attached to an aromatic ring is 1. The third-order valence-electron chi connectivity index (χ3n) is 5.40. The van der Waals surface area contributed by atoms with Crippen molar-refractivity contribution in [2.45, 2.75) is 25.4 Å². The van der Waals surface area contributed by atoms with E-state index in [-0.39, 0.29) is 41.2 Å². The van der Waals surface area contributed by atoms with Gasteiger partial charge in [-0.2, -0.15) is 15.1 Å². The van der Waals surface area contributed by atoms with Gasteiger partial charge in [0.15, 0.2) is 11.2 Å². The van der Waals surface area contributed by atoms with Gasteiger partial charge in [0.1, 0.15) is 17.6 Å². The quantitative estimate of drug-likeness (QED) is 0.254. The van der Waals surface area contributed by atoms with Gasteiger partial charge in [0, 0.05) is 12.0 Å². The molecule has 0 saturated carbocycles. The van der Waals surface area contributed by atoms with Gasteiger partial charge in [0.05, 0.1) is 31.1 Å². The Balaban J connectivity index is 1.48. The molecule has 4 rings (SSSR count). The van der Waals surface area contributed by atoms with E-state index in [1.807, 2.05) is 16.7 Å². The van der Waals surface area contributed by atoms with Gasteiger partial charge in [-0.05, 0) is 25.5 Å². The summed E-state index contributed by atoms with van der Waals surface area (Å²) in [6, 6.07) is 2.02. The zero-order valence-corrected chi connectivity index (χ0v) is 20.8.